The molecule has 86 valence electrons. The average Bonchev–Trinajstić information content (AvgIpc) is 2.14. The van der Waals surface area contributed by atoms with Crippen molar-refractivity contribution in [2.24, 2.45) is 29.1 Å². The standard InChI is InChI=1S/C15H26/c1-3-4-5-14-13-7-11-6-12(8-13)10-15(14,2)9-11/h11-14H,3-10H2,1-2H3. The third kappa shape index (κ3) is 1.56. The fourth-order valence-corrected chi connectivity index (χ4v) is 5.56. The highest BCUT2D eigenvalue weighted by atomic mass is 14.6. The molecule has 0 amide bonds. The molecule has 0 heterocycles. The lowest BCUT2D eigenvalue weighted by Crippen LogP contribution is -2.51. The first-order valence-corrected chi connectivity index (χ1v) is 7.21. The summed E-state index contributed by atoms with van der Waals surface area (Å²) < 4.78 is 0. The van der Waals surface area contributed by atoms with E-state index in [9.17, 15) is 0 Å². The number of hydrogen-bond donors (Lipinski definition) is 0. The first-order valence-electron chi connectivity index (χ1n) is 7.21. The Morgan fingerprint density at radius 2 is 1.73 bits per heavy atom. The van der Waals surface area contributed by atoms with Crippen LogP contribution in [-0.4, -0.2) is 0 Å². The van der Waals surface area contributed by atoms with Gasteiger partial charge in [0.2, 0.25) is 0 Å². The lowest BCUT2D eigenvalue weighted by atomic mass is 9.45. The Hall–Kier alpha value is 0. The lowest BCUT2D eigenvalue weighted by molar-refractivity contribution is -0.102. The van der Waals surface area contributed by atoms with Gasteiger partial charge in [0, 0.05) is 0 Å². The van der Waals surface area contributed by atoms with Gasteiger partial charge in [-0.3, -0.25) is 0 Å². The maximum absolute atomic E-state index is 2.62. The second-order valence-electron chi connectivity index (χ2n) is 7.01. The Kier molecular flexibility index (Phi) is 2.37. The molecule has 4 aliphatic rings. The van der Waals surface area contributed by atoms with Crippen LogP contribution in [0.4, 0.5) is 0 Å². The summed E-state index contributed by atoms with van der Waals surface area (Å²) in [4.78, 5) is 0. The van der Waals surface area contributed by atoms with Crippen molar-refractivity contribution in [3.63, 3.8) is 0 Å². The van der Waals surface area contributed by atoms with E-state index < -0.39 is 0 Å². The van der Waals surface area contributed by atoms with Crippen LogP contribution in [0, 0.1) is 29.1 Å². The molecule has 0 aliphatic heterocycles. The Morgan fingerprint density at radius 3 is 2.27 bits per heavy atom. The maximum atomic E-state index is 2.62. The highest BCUT2D eigenvalue weighted by molar-refractivity contribution is 5.03. The van der Waals surface area contributed by atoms with Crippen LogP contribution in [0.15, 0.2) is 0 Å². The third-order valence-corrected chi connectivity index (χ3v) is 5.78. The molecule has 0 heteroatoms. The normalized spacial score (nSPS) is 52.4. The van der Waals surface area contributed by atoms with E-state index in [1.807, 2.05) is 0 Å². The van der Waals surface area contributed by atoms with Gasteiger partial charge in [-0.1, -0.05) is 26.7 Å². The van der Waals surface area contributed by atoms with Crippen LogP contribution >= 0.6 is 0 Å². The monoisotopic (exact) mass is 206 g/mol. The molecule has 0 nitrogen and oxygen atoms in total. The van der Waals surface area contributed by atoms with Crippen molar-refractivity contribution in [2.45, 2.75) is 65.2 Å². The smallest absolute Gasteiger partial charge is 0.0290 e. The molecule has 4 aliphatic carbocycles. The van der Waals surface area contributed by atoms with Gasteiger partial charge in [0.25, 0.3) is 0 Å². The molecular formula is C15H26. The van der Waals surface area contributed by atoms with Gasteiger partial charge in [0.15, 0.2) is 0 Å². The molecule has 3 atom stereocenters. The molecule has 0 aromatic carbocycles. The molecule has 0 saturated heterocycles. The highest BCUT2D eigenvalue weighted by Gasteiger charge is 2.53. The Morgan fingerprint density at radius 1 is 1.07 bits per heavy atom. The van der Waals surface area contributed by atoms with Crippen molar-refractivity contribution in [1.29, 1.82) is 0 Å². The summed E-state index contributed by atoms with van der Waals surface area (Å²) in [5.41, 5.74) is 0.768. The Bertz CT molecular complexity index is 228. The van der Waals surface area contributed by atoms with Crippen molar-refractivity contribution in [1.82, 2.24) is 0 Å². The summed E-state index contributed by atoms with van der Waals surface area (Å²) in [6, 6.07) is 0. The van der Waals surface area contributed by atoms with E-state index in [4.69, 9.17) is 0 Å². The largest absolute Gasteiger partial charge is 0.0654 e. The van der Waals surface area contributed by atoms with Gasteiger partial charge in [0.05, 0.1) is 0 Å². The molecule has 0 aromatic heterocycles. The van der Waals surface area contributed by atoms with Crippen LogP contribution in [0.25, 0.3) is 0 Å². The van der Waals surface area contributed by atoms with E-state index in [1.54, 1.807) is 32.1 Å². The minimum atomic E-state index is 0.768. The third-order valence-electron chi connectivity index (χ3n) is 5.78. The molecular weight excluding hydrogens is 180 g/mol. The molecule has 4 saturated carbocycles. The lowest BCUT2D eigenvalue weighted by Gasteiger charge is -2.60. The molecule has 4 rings (SSSR count). The first-order chi connectivity index (χ1) is 7.21. The second kappa shape index (κ2) is 3.50. The summed E-state index contributed by atoms with van der Waals surface area (Å²) in [6.45, 7) is 4.97. The quantitative estimate of drug-likeness (QED) is 0.631. The topological polar surface area (TPSA) is 0 Å². The van der Waals surface area contributed by atoms with E-state index in [0.717, 1.165) is 29.1 Å². The molecule has 0 spiro atoms. The summed E-state index contributed by atoms with van der Waals surface area (Å²) in [5, 5.41) is 0. The van der Waals surface area contributed by atoms with E-state index in [2.05, 4.69) is 13.8 Å². The Balaban J connectivity index is 1.77. The van der Waals surface area contributed by atoms with Crippen molar-refractivity contribution in [3.8, 4) is 0 Å². The van der Waals surface area contributed by atoms with Gasteiger partial charge < -0.3 is 0 Å². The van der Waals surface area contributed by atoms with Crippen LogP contribution in [-0.2, 0) is 0 Å². The van der Waals surface area contributed by atoms with Gasteiger partial charge in [-0.15, -0.1) is 0 Å². The summed E-state index contributed by atoms with van der Waals surface area (Å²) in [7, 11) is 0. The van der Waals surface area contributed by atoms with Crippen molar-refractivity contribution < 1.29 is 0 Å². The van der Waals surface area contributed by atoms with Crippen LogP contribution in [0.2, 0.25) is 0 Å². The second-order valence-corrected chi connectivity index (χ2v) is 7.01. The summed E-state index contributed by atoms with van der Waals surface area (Å²) in [5.74, 6) is 4.49. The maximum Gasteiger partial charge on any atom is -0.0290 e. The van der Waals surface area contributed by atoms with Crippen LogP contribution < -0.4 is 0 Å². The van der Waals surface area contributed by atoms with Gasteiger partial charge in [0.1, 0.15) is 0 Å². The minimum Gasteiger partial charge on any atom is -0.0654 e. The minimum absolute atomic E-state index is 0.768. The predicted molar refractivity (Wildman–Crippen MR) is 64.7 cm³/mol. The van der Waals surface area contributed by atoms with Crippen molar-refractivity contribution in [3.05, 3.63) is 0 Å². The molecule has 15 heavy (non-hydrogen) atoms. The fourth-order valence-electron chi connectivity index (χ4n) is 5.56. The van der Waals surface area contributed by atoms with Crippen molar-refractivity contribution >= 4 is 0 Å². The van der Waals surface area contributed by atoms with Crippen LogP contribution in [0.3, 0.4) is 0 Å². The van der Waals surface area contributed by atoms with E-state index in [-0.39, 0.29) is 0 Å². The highest BCUT2D eigenvalue weighted by Crippen LogP contribution is 2.63. The summed E-state index contributed by atoms with van der Waals surface area (Å²) >= 11 is 0. The van der Waals surface area contributed by atoms with Gasteiger partial charge >= 0.3 is 0 Å². The van der Waals surface area contributed by atoms with Gasteiger partial charge in [-0.25, -0.2) is 0 Å². The molecule has 4 fully saturated rings. The molecule has 0 N–H and O–H groups in total. The van der Waals surface area contributed by atoms with E-state index >= 15 is 0 Å². The Labute approximate surface area is 94.8 Å². The van der Waals surface area contributed by atoms with E-state index in [1.165, 1.54) is 19.3 Å². The number of hydrogen-bond acceptors (Lipinski definition) is 0. The van der Waals surface area contributed by atoms with Gasteiger partial charge in [-0.05, 0) is 67.6 Å². The first kappa shape index (κ1) is 10.2. The predicted octanol–water partition coefficient (Wildman–Crippen LogP) is 4.64. The summed E-state index contributed by atoms with van der Waals surface area (Å²) in [6.07, 6.45) is 12.4. The number of rotatable bonds is 3. The molecule has 0 radical (unpaired) electrons. The zero-order valence-corrected chi connectivity index (χ0v) is 10.5. The van der Waals surface area contributed by atoms with Crippen molar-refractivity contribution in [2.75, 3.05) is 0 Å². The molecule has 3 unspecified atom stereocenters. The SMILES string of the molecule is CCCCC1C2CC3CC(C2)CC1(C)C3. The van der Waals surface area contributed by atoms with Gasteiger partial charge in [-0.2, -0.15) is 0 Å². The van der Waals surface area contributed by atoms with Crippen LogP contribution in [0.5, 0.6) is 0 Å². The zero-order valence-electron chi connectivity index (χ0n) is 10.5. The molecule has 0 aromatic rings. The van der Waals surface area contributed by atoms with Crippen LogP contribution in [0.1, 0.15) is 65.2 Å². The molecule has 4 bridgehead atoms. The zero-order chi connectivity index (χ0) is 10.5. The van der Waals surface area contributed by atoms with E-state index in [0.29, 0.717) is 0 Å². The fraction of sp³-hybridized carbons (Fsp3) is 1.00. The number of unbranched alkanes of at least 4 members (excludes halogenated alkanes) is 1. The average molecular weight is 206 g/mol.